The average molecular weight is 315 g/mol. The van der Waals surface area contributed by atoms with Gasteiger partial charge in [0.25, 0.3) is 0 Å². The van der Waals surface area contributed by atoms with Gasteiger partial charge >= 0.3 is 0 Å². The van der Waals surface area contributed by atoms with Gasteiger partial charge in [-0.3, -0.25) is 4.57 Å². The highest BCUT2D eigenvalue weighted by molar-refractivity contribution is 5.74. The first-order valence-corrected chi connectivity index (χ1v) is 7.88. The maximum atomic E-state index is 9.85. The van der Waals surface area contributed by atoms with Crippen LogP contribution in [0.2, 0.25) is 0 Å². The number of benzene rings is 2. The van der Waals surface area contributed by atoms with Gasteiger partial charge in [0.05, 0.1) is 5.69 Å². The van der Waals surface area contributed by atoms with Gasteiger partial charge in [0, 0.05) is 18.7 Å². The van der Waals surface area contributed by atoms with Crippen molar-refractivity contribution >= 4 is 11.2 Å². The highest BCUT2D eigenvalue weighted by Gasteiger charge is 2.14. The van der Waals surface area contributed by atoms with E-state index in [1.807, 2.05) is 41.0 Å². The van der Waals surface area contributed by atoms with E-state index in [0.29, 0.717) is 6.42 Å². The Bertz CT molecular complexity index is 1020. The number of hydrogen-bond donors (Lipinski definition) is 1. The fraction of sp³-hybridized carbons (Fsp3) is 0.100. The molecule has 2 aromatic heterocycles. The Balaban J connectivity index is 1.92. The highest BCUT2D eigenvalue weighted by Crippen LogP contribution is 2.24. The summed E-state index contributed by atoms with van der Waals surface area (Å²) < 4.78 is 2.02. The second-order valence-corrected chi connectivity index (χ2v) is 5.83. The van der Waals surface area contributed by atoms with Crippen molar-refractivity contribution in [2.24, 2.45) is 0 Å². The lowest BCUT2D eigenvalue weighted by atomic mass is 10.1. The number of fused-ring (bicyclic) bond motifs is 1. The Kier molecular flexibility index (Phi) is 3.50. The smallest absolute Gasteiger partial charge is 0.164 e. The Labute approximate surface area is 140 Å². The van der Waals surface area contributed by atoms with Crippen molar-refractivity contribution in [3.8, 4) is 11.4 Å². The van der Waals surface area contributed by atoms with Gasteiger partial charge in [-0.1, -0.05) is 30.3 Å². The number of nitrogens with zero attached hydrogens (tertiary/aromatic N) is 3. The molecule has 0 fully saturated rings. The molecule has 118 valence electrons. The second kappa shape index (κ2) is 5.81. The number of aromatic hydroxyl groups is 1. The summed E-state index contributed by atoms with van der Waals surface area (Å²) in [6, 6.07) is 19.3. The molecular weight excluding hydrogens is 298 g/mol. The van der Waals surface area contributed by atoms with Crippen molar-refractivity contribution in [3.05, 3.63) is 83.8 Å². The second-order valence-electron chi connectivity index (χ2n) is 5.83. The van der Waals surface area contributed by atoms with Crippen LogP contribution in [0.25, 0.3) is 16.9 Å². The van der Waals surface area contributed by atoms with E-state index in [4.69, 9.17) is 4.98 Å². The third-order valence-corrected chi connectivity index (χ3v) is 4.18. The molecule has 0 aliphatic heterocycles. The fourth-order valence-electron chi connectivity index (χ4n) is 2.96. The van der Waals surface area contributed by atoms with Crippen LogP contribution in [0.1, 0.15) is 17.0 Å². The lowest BCUT2D eigenvalue weighted by molar-refractivity contribution is 0.475. The summed E-state index contributed by atoms with van der Waals surface area (Å²) in [5.41, 5.74) is 4.98. The van der Waals surface area contributed by atoms with E-state index >= 15 is 0 Å². The van der Waals surface area contributed by atoms with Crippen molar-refractivity contribution in [2.45, 2.75) is 13.3 Å². The number of aromatic nitrogens is 3. The van der Waals surface area contributed by atoms with Gasteiger partial charge in [-0.15, -0.1) is 0 Å². The lowest BCUT2D eigenvalue weighted by Crippen LogP contribution is -2.04. The summed E-state index contributed by atoms with van der Waals surface area (Å²) >= 11 is 0. The highest BCUT2D eigenvalue weighted by atomic mass is 16.3. The molecule has 0 spiro atoms. The lowest BCUT2D eigenvalue weighted by Gasteiger charge is -2.10. The van der Waals surface area contributed by atoms with Crippen LogP contribution in [0.15, 0.2) is 66.9 Å². The molecular formula is C20H17N3O. The number of imidazole rings is 1. The molecule has 0 unspecified atom stereocenters. The van der Waals surface area contributed by atoms with Crippen molar-refractivity contribution in [1.29, 1.82) is 0 Å². The molecule has 2 heterocycles. The molecule has 4 rings (SSSR count). The first-order valence-electron chi connectivity index (χ1n) is 7.88. The zero-order valence-electron chi connectivity index (χ0n) is 13.3. The summed E-state index contributed by atoms with van der Waals surface area (Å²) in [7, 11) is 0. The van der Waals surface area contributed by atoms with Gasteiger partial charge < -0.3 is 5.11 Å². The van der Waals surface area contributed by atoms with E-state index in [2.05, 4.69) is 24.0 Å². The topological polar surface area (TPSA) is 50.9 Å². The number of phenols is 1. The Hall–Kier alpha value is -3.14. The fourth-order valence-corrected chi connectivity index (χ4v) is 2.96. The van der Waals surface area contributed by atoms with Crippen molar-refractivity contribution < 1.29 is 5.11 Å². The summed E-state index contributed by atoms with van der Waals surface area (Å²) in [6.07, 6.45) is 2.47. The summed E-state index contributed by atoms with van der Waals surface area (Å²) in [5, 5.41) is 9.85. The number of hydrogen-bond acceptors (Lipinski definition) is 3. The molecule has 2 aromatic carbocycles. The third-order valence-electron chi connectivity index (χ3n) is 4.18. The van der Waals surface area contributed by atoms with Crippen molar-refractivity contribution in [2.75, 3.05) is 0 Å². The monoisotopic (exact) mass is 315 g/mol. The average Bonchev–Trinajstić information content (AvgIpc) is 2.95. The Morgan fingerprint density at radius 3 is 2.71 bits per heavy atom. The SMILES string of the molecule is Cc1ccccc1Cc1nc2cccnc2n1-c1cccc(O)c1. The molecule has 0 atom stereocenters. The minimum atomic E-state index is 0.229. The molecule has 0 aliphatic carbocycles. The number of pyridine rings is 1. The standard InChI is InChI=1S/C20H17N3O/c1-14-6-2-3-7-15(14)12-19-22-18-10-5-11-21-20(18)23(19)16-8-4-9-17(24)13-16/h2-11,13,24H,12H2,1H3. The normalized spacial score (nSPS) is 11.0. The largest absolute Gasteiger partial charge is 0.508 e. The molecule has 1 N–H and O–H groups in total. The molecule has 0 amide bonds. The van der Waals surface area contributed by atoms with Gasteiger partial charge in [0.15, 0.2) is 5.65 Å². The van der Waals surface area contributed by atoms with Crippen LogP contribution in [-0.4, -0.2) is 19.6 Å². The predicted octanol–water partition coefficient (Wildman–Crippen LogP) is 4.03. The van der Waals surface area contributed by atoms with Gasteiger partial charge in [-0.2, -0.15) is 0 Å². The van der Waals surface area contributed by atoms with Crippen molar-refractivity contribution in [1.82, 2.24) is 14.5 Å². The van der Waals surface area contributed by atoms with Gasteiger partial charge in [0.1, 0.15) is 17.1 Å². The zero-order chi connectivity index (χ0) is 16.5. The van der Waals surface area contributed by atoms with E-state index in [-0.39, 0.29) is 5.75 Å². The van der Waals surface area contributed by atoms with Crippen LogP contribution in [0.5, 0.6) is 5.75 Å². The van der Waals surface area contributed by atoms with E-state index in [1.165, 1.54) is 11.1 Å². The third kappa shape index (κ3) is 2.52. The molecule has 4 heteroatoms. The maximum Gasteiger partial charge on any atom is 0.164 e. The summed E-state index contributed by atoms with van der Waals surface area (Å²) in [6.45, 7) is 2.11. The Morgan fingerprint density at radius 2 is 1.88 bits per heavy atom. The van der Waals surface area contributed by atoms with Crippen LogP contribution < -0.4 is 0 Å². The molecule has 0 bridgehead atoms. The molecule has 0 radical (unpaired) electrons. The number of aryl methyl sites for hydroxylation is 1. The van der Waals surface area contributed by atoms with Gasteiger partial charge in [-0.25, -0.2) is 9.97 Å². The maximum absolute atomic E-state index is 9.85. The quantitative estimate of drug-likeness (QED) is 0.621. The van der Waals surface area contributed by atoms with E-state index in [1.54, 1.807) is 18.3 Å². The molecule has 0 aliphatic rings. The van der Waals surface area contributed by atoms with Crippen LogP contribution in [-0.2, 0) is 6.42 Å². The molecule has 4 nitrogen and oxygen atoms in total. The minimum absolute atomic E-state index is 0.229. The minimum Gasteiger partial charge on any atom is -0.508 e. The molecule has 4 aromatic rings. The Morgan fingerprint density at radius 1 is 1.00 bits per heavy atom. The molecule has 0 saturated heterocycles. The van der Waals surface area contributed by atoms with Gasteiger partial charge in [-0.05, 0) is 42.3 Å². The van der Waals surface area contributed by atoms with Crippen LogP contribution in [0.4, 0.5) is 0 Å². The van der Waals surface area contributed by atoms with Gasteiger partial charge in [0.2, 0.25) is 0 Å². The number of rotatable bonds is 3. The summed E-state index contributed by atoms with van der Waals surface area (Å²) in [4.78, 5) is 9.26. The van der Waals surface area contributed by atoms with Crippen LogP contribution in [0.3, 0.4) is 0 Å². The predicted molar refractivity (Wildman–Crippen MR) is 94.5 cm³/mol. The van der Waals surface area contributed by atoms with E-state index in [0.717, 1.165) is 22.7 Å². The molecule has 0 saturated carbocycles. The van der Waals surface area contributed by atoms with Crippen molar-refractivity contribution in [3.63, 3.8) is 0 Å². The van der Waals surface area contributed by atoms with Crippen LogP contribution >= 0.6 is 0 Å². The first-order chi connectivity index (χ1) is 11.7. The van der Waals surface area contributed by atoms with Crippen LogP contribution in [0, 0.1) is 6.92 Å². The zero-order valence-corrected chi connectivity index (χ0v) is 13.3. The molecule has 24 heavy (non-hydrogen) atoms. The summed E-state index contributed by atoms with van der Waals surface area (Å²) in [5.74, 6) is 1.13. The van der Waals surface area contributed by atoms with E-state index in [9.17, 15) is 5.11 Å². The number of phenolic OH excluding ortho intramolecular Hbond substituents is 1. The first kappa shape index (κ1) is 14.5. The van der Waals surface area contributed by atoms with E-state index < -0.39 is 0 Å².